The Bertz CT molecular complexity index is 622. The number of ether oxygens (including phenoxy) is 1. The normalized spacial score (nSPS) is 11.4. The first-order valence-electron chi connectivity index (χ1n) is 5.55. The minimum absolute atomic E-state index is 0.190. The molecule has 0 unspecified atom stereocenters. The molecule has 0 radical (unpaired) electrons. The van der Waals surface area contributed by atoms with Gasteiger partial charge in [-0.05, 0) is 17.7 Å². The topological polar surface area (TPSA) is 57.0 Å². The Labute approximate surface area is 112 Å². The van der Waals surface area contributed by atoms with Gasteiger partial charge >= 0.3 is 6.18 Å². The van der Waals surface area contributed by atoms with Crippen molar-refractivity contribution in [2.45, 2.75) is 12.7 Å². The largest absolute Gasteiger partial charge is 0.497 e. The first kappa shape index (κ1) is 14.0. The van der Waals surface area contributed by atoms with Gasteiger partial charge in [0.15, 0.2) is 5.69 Å². The van der Waals surface area contributed by atoms with E-state index in [0.717, 1.165) is 16.4 Å². The zero-order valence-corrected chi connectivity index (χ0v) is 10.4. The van der Waals surface area contributed by atoms with E-state index in [2.05, 4.69) is 10.3 Å². The summed E-state index contributed by atoms with van der Waals surface area (Å²) < 4.78 is 42.9. The Morgan fingerprint density at radius 1 is 1.40 bits per heavy atom. The third-order valence-corrected chi connectivity index (χ3v) is 2.51. The second-order valence-electron chi connectivity index (χ2n) is 3.98. The zero-order chi connectivity index (χ0) is 14.8. The molecule has 0 N–H and O–H groups in total. The monoisotopic (exact) mass is 285 g/mol. The number of ketones is 1. The highest BCUT2D eigenvalue weighted by atomic mass is 19.4. The lowest BCUT2D eigenvalue weighted by Crippen LogP contribution is -2.23. The van der Waals surface area contributed by atoms with Gasteiger partial charge in [0.05, 0.1) is 19.9 Å². The Morgan fingerprint density at radius 3 is 2.80 bits per heavy atom. The van der Waals surface area contributed by atoms with E-state index in [4.69, 9.17) is 4.74 Å². The van der Waals surface area contributed by atoms with E-state index in [-0.39, 0.29) is 6.54 Å². The van der Waals surface area contributed by atoms with Crippen LogP contribution in [0.2, 0.25) is 0 Å². The molecule has 8 heteroatoms. The summed E-state index contributed by atoms with van der Waals surface area (Å²) in [5, 5.41) is 6.74. The fraction of sp³-hybridized carbons (Fsp3) is 0.250. The van der Waals surface area contributed by atoms with Crippen LogP contribution < -0.4 is 4.74 Å². The highest BCUT2D eigenvalue weighted by Crippen LogP contribution is 2.20. The summed E-state index contributed by atoms with van der Waals surface area (Å²) in [5.41, 5.74) is 0.0423. The minimum Gasteiger partial charge on any atom is -0.497 e. The van der Waals surface area contributed by atoms with Crippen molar-refractivity contribution in [2.24, 2.45) is 0 Å². The molecule has 0 saturated heterocycles. The van der Waals surface area contributed by atoms with Crippen LogP contribution in [0, 0.1) is 0 Å². The van der Waals surface area contributed by atoms with Crippen molar-refractivity contribution in [3.63, 3.8) is 0 Å². The molecule has 0 aliphatic carbocycles. The predicted molar refractivity (Wildman–Crippen MR) is 62.5 cm³/mol. The molecule has 20 heavy (non-hydrogen) atoms. The van der Waals surface area contributed by atoms with Crippen LogP contribution in [0.15, 0.2) is 30.5 Å². The Balaban J connectivity index is 2.15. The number of carbonyl (C=O) groups excluding carboxylic acids is 1. The number of halogens is 3. The molecule has 0 saturated carbocycles. The standard InChI is InChI=1S/C12H10F3N3O2/c1-20-9-4-2-3-8(5-9)6-18-7-10(16-17-18)11(19)12(13,14)15/h2-5,7H,6H2,1H3. The molecular formula is C12H10F3N3O2. The number of methoxy groups -OCH3 is 1. The van der Waals surface area contributed by atoms with Crippen LogP contribution in [0.25, 0.3) is 0 Å². The average molecular weight is 285 g/mol. The second kappa shape index (κ2) is 5.32. The van der Waals surface area contributed by atoms with Crippen molar-refractivity contribution in [1.29, 1.82) is 0 Å². The van der Waals surface area contributed by atoms with Crippen molar-refractivity contribution in [3.05, 3.63) is 41.7 Å². The number of hydrogen-bond donors (Lipinski definition) is 0. The van der Waals surface area contributed by atoms with Crippen LogP contribution in [0.5, 0.6) is 5.75 Å². The molecular weight excluding hydrogens is 275 g/mol. The zero-order valence-electron chi connectivity index (χ0n) is 10.4. The van der Waals surface area contributed by atoms with E-state index in [1.54, 1.807) is 24.3 Å². The molecule has 1 aromatic heterocycles. The third kappa shape index (κ3) is 3.14. The summed E-state index contributed by atoms with van der Waals surface area (Å²) in [6.07, 6.45) is -3.98. The fourth-order valence-corrected chi connectivity index (χ4v) is 1.58. The van der Waals surface area contributed by atoms with Gasteiger partial charge in [0.25, 0.3) is 5.78 Å². The summed E-state index contributed by atoms with van der Waals surface area (Å²) in [6.45, 7) is 0.190. The molecule has 0 atom stereocenters. The van der Waals surface area contributed by atoms with E-state index >= 15 is 0 Å². The summed E-state index contributed by atoms with van der Waals surface area (Å²) in [4.78, 5) is 11.0. The molecule has 2 rings (SSSR count). The molecule has 0 aliphatic heterocycles. The number of aromatic nitrogens is 3. The second-order valence-corrected chi connectivity index (χ2v) is 3.98. The van der Waals surface area contributed by atoms with E-state index in [1.807, 2.05) is 0 Å². The molecule has 0 fully saturated rings. The first-order chi connectivity index (χ1) is 9.40. The van der Waals surface area contributed by atoms with Crippen LogP contribution in [0.3, 0.4) is 0 Å². The maximum absolute atomic E-state index is 12.2. The van der Waals surface area contributed by atoms with Crippen molar-refractivity contribution < 1.29 is 22.7 Å². The lowest BCUT2D eigenvalue weighted by molar-refractivity contribution is -0.0888. The number of carbonyl (C=O) groups is 1. The lowest BCUT2D eigenvalue weighted by Gasteiger charge is -2.04. The molecule has 106 valence electrons. The van der Waals surface area contributed by atoms with Crippen LogP contribution in [0.1, 0.15) is 16.1 Å². The molecule has 2 aromatic rings. The Hall–Kier alpha value is -2.38. The van der Waals surface area contributed by atoms with Crippen molar-refractivity contribution in [3.8, 4) is 5.75 Å². The predicted octanol–water partition coefficient (Wildman–Crippen LogP) is 2.08. The van der Waals surface area contributed by atoms with E-state index < -0.39 is 17.7 Å². The molecule has 1 heterocycles. The van der Waals surface area contributed by atoms with Crippen molar-refractivity contribution in [2.75, 3.05) is 7.11 Å². The number of hydrogen-bond acceptors (Lipinski definition) is 4. The molecule has 1 aromatic carbocycles. The van der Waals surface area contributed by atoms with Crippen LogP contribution >= 0.6 is 0 Å². The number of Topliss-reactive ketones (excluding diaryl/α,β-unsaturated/α-hetero) is 1. The molecule has 0 amide bonds. The summed E-state index contributed by atoms with van der Waals surface area (Å²) in [6, 6.07) is 6.96. The van der Waals surface area contributed by atoms with Gasteiger partial charge in [-0.2, -0.15) is 13.2 Å². The highest BCUT2D eigenvalue weighted by molar-refractivity contribution is 5.98. The van der Waals surface area contributed by atoms with Crippen LogP contribution in [-0.2, 0) is 6.54 Å². The van der Waals surface area contributed by atoms with E-state index in [1.165, 1.54) is 7.11 Å². The molecule has 5 nitrogen and oxygen atoms in total. The number of alkyl halides is 3. The number of nitrogens with zero attached hydrogens (tertiary/aromatic N) is 3. The fourth-order valence-electron chi connectivity index (χ4n) is 1.58. The first-order valence-corrected chi connectivity index (χ1v) is 5.55. The number of benzene rings is 1. The van der Waals surface area contributed by atoms with E-state index in [9.17, 15) is 18.0 Å². The van der Waals surface area contributed by atoms with Crippen LogP contribution in [-0.4, -0.2) is 34.1 Å². The minimum atomic E-state index is -4.95. The van der Waals surface area contributed by atoms with E-state index in [0.29, 0.717) is 5.75 Å². The lowest BCUT2D eigenvalue weighted by atomic mass is 10.2. The molecule has 0 spiro atoms. The van der Waals surface area contributed by atoms with Gasteiger partial charge in [-0.15, -0.1) is 5.10 Å². The van der Waals surface area contributed by atoms with Gasteiger partial charge in [-0.1, -0.05) is 17.3 Å². The third-order valence-electron chi connectivity index (χ3n) is 2.51. The van der Waals surface area contributed by atoms with Crippen molar-refractivity contribution >= 4 is 5.78 Å². The van der Waals surface area contributed by atoms with Gasteiger partial charge in [0, 0.05) is 0 Å². The van der Waals surface area contributed by atoms with Gasteiger partial charge in [0.2, 0.25) is 0 Å². The van der Waals surface area contributed by atoms with Gasteiger partial charge in [0.1, 0.15) is 5.75 Å². The highest BCUT2D eigenvalue weighted by Gasteiger charge is 2.41. The summed E-state index contributed by atoms with van der Waals surface area (Å²) >= 11 is 0. The van der Waals surface area contributed by atoms with Gasteiger partial charge in [-0.25, -0.2) is 4.68 Å². The average Bonchev–Trinajstić information content (AvgIpc) is 2.85. The SMILES string of the molecule is COc1cccc(Cn2cc(C(=O)C(F)(F)F)nn2)c1. The van der Waals surface area contributed by atoms with Gasteiger partial charge < -0.3 is 4.74 Å². The van der Waals surface area contributed by atoms with Crippen LogP contribution in [0.4, 0.5) is 13.2 Å². The van der Waals surface area contributed by atoms with Gasteiger partial charge in [-0.3, -0.25) is 4.79 Å². The Kier molecular flexibility index (Phi) is 3.73. The van der Waals surface area contributed by atoms with Crippen molar-refractivity contribution in [1.82, 2.24) is 15.0 Å². The quantitative estimate of drug-likeness (QED) is 0.807. The molecule has 0 bridgehead atoms. The maximum Gasteiger partial charge on any atom is 0.456 e. The Morgan fingerprint density at radius 2 is 2.15 bits per heavy atom. The smallest absolute Gasteiger partial charge is 0.456 e. The molecule has 0 aliphatic rings. The number of rotatable bonds is 4. The maximum atomic E-state index is 12.2. The summed E-state index contributed by atoms with van der Waals surface area (Å²) in [5.74, 6) is -1.39. The summed E-state index contributed by atoms with van der Waals surface area (Å²) in [7, 11) is 1.51.